The molecule has 0 aromatic heterocycles. The highest BCUT2D eigenvalue weighted by atomic mass is 32.2. The molecular formula is C10H20N2O4S. The molecule has 0 saturated heterocycles. The topological polar surface area (TPSA) is 77.9 Å². The zero-order valence-corrected chi connectivity index (χ0v) is 11.1. The maximum Gasteiger partial charge on any atom is 0.304 e. The molecule has 7 heteroatoms. The lowest BCUT2D eigenvalue weighted by Crippen LogP contribution is -2.43. The fourth-order valence-corrected chi connectivity index (χ4v) is 2.94. The molecule has 0 heterocycles. The van der Waals surface area contributed by atoms with E-state index in [9.17, 15) is 13.2 Å². The monoisotopic (exact) mass is 264 g/mol. The third-order valence-corrected chi connectivity index (χ3v) is 5.08. The van der Waals surface area contributed by atoms with Gasteiger partial charge in [-0.2, -0.15) is 17.0 Å². The van der Waals surface area contributed by atoms with Gasteiger partial charge in [-0.1, -0.05) is 6.42 Å². The van der Waals surface area contributed by atoms with E-state index in [0.717, 1.165) is 17.1 Å². The zero-order valence-electron chi connectivity index (χ0n) is 10.3. The number of carboxylic acid groups (broad SMARTS) is 1. The molecule has 0 spiro atoms. The van der Waals surface area contributed by atoms with Crippen LogP contribution < -0.4 is 0 Å². The summed E-state index contributed by atoms with van der Waals surface area (Å²) >= 11 is 0. The van der Waals surface area contributed by atoms with Crippen LogP contribution in [-0.2, 0) is 15.0 Å². The highest BCUT2D eigenvalue weighted by Crippen LogP contribution is 2.27. The Bertz CT molecular complexity index is 365. The molecule has 1 saturated carbocycles. The second-order valence-electron chi connectivity index (χ2n) is 4.55. The van der Waals surface area contributed by atoms with Crippen LogP contribution in [0.25, 0.3) is 0 Å². The van der Waals surface area contributed by atoms with Crippen molar-refractivity contribution >= 4 is 16.2 Å². The number of carbonyl (C=O) groups is 1. The van der Waals surface area contributed by atoms with Gasteiger partial charge in [0.05, 0.1) is 6.42 Å². The van der Waals surface area contributed by atoms with Crippen molar-refractivity contribution in [3.8, 4) is 0 Å². The molecule has 0 aromatic carbocycles. The molecule has 0 atom stereocenters. The van der Waals surface area contributed by atoms with Crippen LogP contribution in [0.4, 0.5) is 0 Å². The first-order valence-corrected chi connectivity index (χ1v) is 7.13. The van der Waals surface area contributed by atoms with Crippen LogP contribution in [0.3, 0.4) is 0 Å². The van der Waals surface area contributed by atoms with Gasteiger partial charge in [0.25, 0.3) is 10.2 Å². The van der Waals surface area contributed by atoms with E-state index in [0.29, 0.717) is 12.5 Å². The summed E-state index contributed by atoms with van der Waals surface area (Å²) in [4.78, 5) is 10.4. The van der Waals surface area contributed by atoms with Crippen LogP contribution in [-0.4, -0.2) is 55.3 Å². The first kappa shape index (κ1) is 14.4. The summed E-state index contributed by atoms with van der Waals surface area (Å²) in [5.74, 6) is -0.531. The fraction of sp³-hybridized carbons (Fsp3) is 0.900. The Morgan fingerprint density at radius 1 is 1.29 bits per heavy atom. The van der Waals surface area contributed by atoms with E-state index in [1.165, 1.54) is 17.8 Å². The lowest BCUT2D eigenvalue weighted by atomic mass is 9.86. The van der Waals surface area contributed by atoms with Gasteiger partial charge in [-0.15, -0.1) is 0 Å². The minimum atomic E-state index is -3.50. The Balaban J connectivity index is 2.49. The van der Waals surface area contributed by atoms with Crippen molar-refractivity contribution in [2.24, 2.45) is 5.92 Å². The van der Waals surface area contributed by atoms with Crippen LogP contribution in [0, 0.1) is 5.92 Å². The summed E-state index contributed by atoms with van der Waals surface area (Å²) in [7, 11) is -0.544. The molecule has 0 radical (unpaired) electrons. The summed E-state index contributed by atoms with van der Waals surface area (Å²) in [6.45, 7) is 0.534. The van der Waals surface area contributed by atoms with Gasteiger partial charge in [0.2, 0.25) is 0 Å². The molecule has 6 nitrogen and oxygen atoms in total. The van der Waals surface area contributed by atoms with Crippen molar-refractivity contribution in [1.82, 2.24) is 8.61 Å². The Labute approximate surface area is 102 Å². The van der Waals surface area contributed by atoms with Gasteiger partial charge < -0.3 is 5.11 Å². The third-order valence-electron chi connectivity index (χ3n) is 3.17. The van der Waals surface area contributed by atoms with Gasteiger partial charge in [-0.05, 0) is 18.8 Å². The number of hydrogen-bond donors (Lipinski definition) is 1. The predicted molar refractivity (Wildman–Crippen MR) is 63.8 cm³/mol. The highest BCUT2D eigenvalue weighted by Gasteiger charge is 2.28. The van der Waals surface area contributed by atoms with Gasteiger partial charge in [-0.3, -0.25) is 4.79 Å². The minimum Gasteiger partial charge on any atom is -0.481 e. The molecule has 1 aliphatic carbocycles. The summed E-state index contributed by atoms with van der Waals surface area (Å²) in [6, 6.07) is 0. The van der Waals surface area contributed by atoms with E-state index in [-0.39, 0.29) is 13.0 Å². The molecule has 1 aliphatic rings. The normalized spacial score (nSPS) is 17.4. The van der Waals surface area contributed by atoms with Crippen molar-refractivity contribution < 1.29 is 18.3 Å². The Morgan fingerprint density at radius 3 is 2.29 bits per heavy atom. The van der Waals surface area contributed by atoms with E-state index in [1.54, 1.807) is 7.05 Å². The Hall–Kier alpha value is -0.660. The lowest BCUT2D eigenvalue weighted by Gasteiger charge is -2.31. The first-order valence-electron chi connectivity index (χ1n) is 5.73. The largest absolute Gasteiger partial charge is 0.481 e. The fourth-order valence-electron chi connectivity index (χ4n) is 1.74. The van der Waals surface area contributed by atoms with Gasteiger partial charge in [0.1, 0.15) is 0 Å². The van der Waals surface area contributed by atoms with Crippen LogP contribution in [0.15, 0.2) is 0 Å². The SMILES string of the molecule is CN(CCC(=O)O)S(=O)(=O)N(C)CC1CCC1. The minimum absolute atomic E-state index is 0.00662. The van der Waals surface area contributed by atoms with Crippen molar-refractivity contribution in [3.63, 3.8) is 0 Å². The third kappa shape index (κ3) is 3.93. The maximum atomic E-state index is 12.0. The van der Waals surface area contributed by atoms with Crippen LogP contribution in [0.5, 0.6) is 0 Å². The molecule has 0 aromatic rings. The zero-order chi connectivity index (χ0) is 13.1. The molecule has 0 bridgehead atoms. The lowest BCUT2D eigenvalue weighted by molar-refractivity contribution is -0.137. The predicted octanol–water partition coefficient (Wildman–Crippen LogP) is 0.370. The molecule has 100 valence electrons. The molecule has 0 unspecified atom stereocenters. The van der Waals surface area contributed by atoms with E-state index < -0.39 is 16.2 Å². The molecule has 17 heavy (non-hydrogen) atoms. The maximum absolute atomic E-state index is 12.0. The Morgan fingerprint density at radius 2 is 1.88 bits per heavy atom. The van der Waals surface area contributed by atoms with E-state index in [2.05, 4.69) is 0 Å². The number of rotatable bonds is 7. The molecule has 1 fully saturated rings. The molecule has 1 rings (SSSR count). The summed E-state index contributed by atoms with van der Waals surface area (Å²) in [6.07, 6.45) is 3.16. The standard InChI is InChI=1S/C10H20N2O4S/c1-11(7-6-10(13)14)17(15,16)12(2)8-9-4-3-5-9/h9H,3-8H2,1-2H3,(H,13,14). The second kappa shape index (κ2) is 5.79. The van der Waals surface area contributed by atoms with Gasteiger partial charge in [-0.25, -0.2) is 0 Å². The number of nitrogens with zero attached hydrogens (tertiary/aromatic N) is 2. The van der Waals surface area contributed by atoms with Crippen LogP contribution in [0.1, 0.15) is 25.7 Å². The van der Waals surface area contributed by atoms with E-state index in [4.69, 9.17) is 5.11 Å². The average molecular weight is 264 g/mol. The number of carboxylic acids is 1. The highest BCUT2D eigenvalue weighted by molar-refractivity contribution is 7.86. The summed E-state index contributed by atoms with van der Waals surface area (Å²) < 4.78 is 26.4. The molecular weight excluding hydrogens is 244 g/mol. The summed E-state index contributed by atoms with van der Waals surface area (Å²) in [5, 5.41) is 8.52. The first-order chi connectivity index (χ1) is 7.84. The summed E-state index contributed by atoms with van der Waals surface area (Å²) in [5.41, 5.74) is 0. The number of aliphatic carboxylic acids is 1. The molecule has 1 N–H and O–H groups in total. The van der Waals surface area contributed by atoms with E-state index >= 15 is 0 Å². The van der Waals surface area contributed by atoms with E-state index in [1.807, 2.05) is 0 Å². The smallest absolute Gasteiger partial charge is 0.304 e. The second-order valence-corrected chi connectivity index (χ2v) is 6.69. The molecule has 0 amide bonds. The molecule has 0 aliphatic heterocycles. The van der Waals surface area contributed by atoms with Gasteiger partial charge >= 0.3 is 5.97 Å². The van der Waals surface area contributed by atoms with Gasteiger partial charge in [0.15, 0.2) is 0 Å². The van der Waals surface area contributed by atoms with Crippen LogP contribution in [0.2, 0.25) is 0 Å². The quantitative estimate of drug-likeness (QED) is 0.720. The Kier molecular flexibility index (Phi) is 4.91. The number of hydrogen-bond acceptors (Lipinski definition) is 3. The average Bonchev–Trinajstić information content (AvgIpc) is 2.19. The van der Waals surface area contributed by atoms with Crippen LogP contribution >= 0.6 is 0 Å². The van der Waals surface area contributed by atoms with Crippen molar-refractivity contribution in [2.45, 2.75) is 25.7 Å². The van der Waals surface area contributed by atoms with Gasteiger partial charge in [0, 0.05) is 27.2 Å². The van der Waals surface area contributed by atoms with Crippen molar-refractivity contribution in [2.75, 3.05) is 27.2 Å². The van der Waals surface area contributed by atoms with Crippen molar-refractivity contribution in [1.29, 1.82) is 0 Å². The van der Waals surface area contributed by atoms with Crippen molar-refractivity contribution in [3.05, 3.63) is 0 Å².